The summed E-state index contributed by atoms with van der Waals surface area (Å²) < 4.78 is 5.49. The van der Waals surface area contributed by atoms with E-state index in [1.807, 2.05) is 14.1 Å². The van der Waals surface area contributed by atoms with Gasteiger partial charge in [-0.3, -0.25) is 4.79 Å². The van der Waals surface area contributed by atoms with E-state index in [4.69, 9.17) is 9.52 Å². The third kappa shape index (κ3) is 2.08. The SMILES string of the molecule is CC(C(=O)O)c1ccc2oc(N(C)C)nc2c1. The summed E-state index contributed by atoms with van der Waals surface area (Å²) >= 11 is 0. The molecule has 90 valence electrons. The molecule has 1 aromatic heterocycles. The summed E-state index contributed by atoms with van der Waals surface area (Å²) in [6.07, 6.45) is 0. The van der Waals surface area contributed by atoms with Crippen molar-refractivity contribution >= 4 is 23.1 Å². The second kappa shape index (κ2) is 4.08. The zero-order valence-corrected chi connectivity index (χ0v) is 9.97. The monoisotopic (exact) mass is 234 g/mol. The minimum Gasteiger partial charge on any atom is -0.481 e. The Morgan fingerprint density at radius 2 is 2.18 bits per heavy atom. The predicted octanol–water partition coefficient (Wildman–Crippen LogP) is 2.08. The van der Waals surface area contributed by atoms with Crippen LogP contribution in [0.25, 0.3) is 11.1 Å². The molecule has 5 nitrogen and oxygen atoms in total. The van der Waals surface area contributed by atoms with Crippen molar-refractivity contribution in [3.63, 3.8) is 0 Å². The number of carboxylic acids is 1. The number of oxazole rings is 1. The van der Waals surface area contributed by atoms with Crippen LogP contribution >= 0.6 is 0 Å². The number of aromatic nitrogens is 1. The van der Waals surface area contributed by atoms with E-state index in [1.165, 1.54) is 0 Å². The van der Waals surface area contributed by atoms with Crippen molar-refractivity contribution in [3.05, 3.63) is 23.8 Å². The Labute approximate surface area is 98.7 Å². The predicted molar refractivity (Wildman–Crippen MR) is 64.4 cm³/mol. The number of carboxylic acid groups (broad SMARTS) is 1. The number of rotatable bonds is 3. The molecule has 2 rings (SSSR count). The topological polar surface area (TPSA) is 66.6 Å². The van der Waals surface area contributed by atoms with E-state index >= 15 is 0 Å². The first-order valence-corrected chi connectivity index (χ1v) is 5.29. The van der Waals surface area contributed by atoms with Gasteiger partial charge in [-0.05, 0) is 24.6 Å². The van der Waals surface area contributed by atoms with Crippen molar-refractivity contribution in [2.24, 2.45) is 0 Å². The molecule has 0 radical (unpaired) electrons. The number of hydrogen-bond acceptors (Lipinski definition) is 4. The number of aliphatic carboxylic acids is 1. The van der Waals surface area contributed by atoms with Crippen LogP contribution in [0.1, 0.15) is 18.4 Å². The molecule has 1 atom stereocenters. The maximum Gasteiger partial charge on any atom is 0.310 e. The molecule has 0 aliphatic heterocycles. The van der Waals surface area contributed by atoms with Crippen LogP contribution in [0.15, 0.2) is 22.6 Å². The van der Waals surface area contributed by atoms with Gasteiger partial charge in [0.1, 0.15) is 5.52 Å². The fourth-order valence-corrected chi connectivity index (χ4v) is 1.54. The van der Waals surface area contributed by atoms with E-state index in [9.17, 15) is 4.79 Å². The highest BCUT2D eigenvalue weighted by molar-refractivity contribution is 5.80. The molecule has 1 heterocycles. The summed E-state index contributed by atoms with van der Waals surface area (Å²) in [6, 6.07) is 5.78. The van der Waals surface area contributed by atoms with E-state index in [1.54, 1.807) is 30.0 Å². The zero-order chi connectivity index (χ0) is 12.6. The highest BCUT2D eigenvalue weighted by Crippen LogP contribution is 2.24. The van der Waals surface area contributed by atoms with Crippen LogP contribution < -0.4 is 4.90 Å². The summed E-state index contributed by atoms with van der Waals surface area (Å²) in [4.78, 5) is 16.9. The fraction of sp³-hybridized carbons (Fsp3) is 0.333. The molecular formula is C12H14N2O3. The van der Waals surface area contributed by atoms with E-state index in [-0.39, 0.29) is 0 Å². The van der Waals surface area contributed by atoms with Crippen LogP contribution in [0.2, 0.25) is 0 Å². The lowest BCUT2D eigenvalue weighted by atomic mass is 10.0. The lowest BCUT2D eigenvalue weighted by molar-refractivity contribution is -0.138. The Balaban J connectivity index is 2.46. The standard InChI is InChI=1S/C12H14N2O3/c1-7(11(15)16)8-4-5-10-9(6-8)13-12(17-10)14(2)3/h4-7H,1-3H3,(H,15,16). The normalized spacial score (nSPS) is 12.6. The molecule has 1 aromatic carbocycles. The van der Waals surface area contributed by atoms with Gasteiger partial charge in [0.05, 0.1) is 5.92 Å². The molecule has 1 unspecified atom stereocenters. The molecule has 1 N–H and O–H groups in total. The maximum absolute atomic E-state index is 10.9. The molecule has 2 aromatic rings. The molecule has 0 saturated carbocycles. The molecule has 0 fully saturated rings. The number of nitrogens with zero attached hydrogens (tertiary/aromatic N) is 2. The van der Waals surface area contributed by atoms with Crippen LogP contribution in [0.5, 0.6) is 0 Å². The van der Waals surface area contributed by atoms with Gasteiger partial charge < -0.3 is 14.4 Å². The van der Waals surface area contributed by atoms with Crippen LogP contribution in [0, 0.1) is 0 Å². The van der Waals surface area contributed by atoms with Gasteiger partial charge >= 0.3 is 5.97 Å². The van der Waals surface area contributed by atoms with Crippen LogP contribution in [-0.4, -0.2) is 30.2 Å². The van der Waals surface area contributed by atoms with E-state index in [0.29, 0.717) is 17.1 Å². The quantitative estimate of drug-likeness (QED) is 0.880. The van der Waals surface area contributed by atoms with Gasteiger partial charge in [0, 0.05) is 14.1 Å². The van der Waals surface area contributed by atoms with E-state index < -0.39 is 11.9 Å². The lowest BCUT2D eigenvalue weighted by Gasteiger charge is -2.04. The van der Waals surface area contributed by atoms with Crippen molar-refractivity contribution in [2.75, 3.05) is 19.0 Å². The largest absolute Gasteiger partial charge is 0.481 e. The first-order valence-electron chi connectivity index (χ1n) is 5.29. The van der Waals surface area contributed by atoms with Crippen molar-refractivity contribution < 1.29 is 14.3 Å². The maximum atomic E-state index is 10.9. The number of benzene rings is 1. The van der Waals surface area contributed by atoms with Crippen molar-refractivity contribution in [3.8, 4) is 0 Å². The Morgan fingerprint density at radius 3 is 2.76 bits per heavy atom. The zero-order valence-electron chi connectivity index (χ0n) is 9.97. The Kier molecular flexibility index (Phi) is 2.75. The van der Waals surface area contributed by atoms with Crippen molar-refractivity contribution in [2.45, 2.75) is 12.8 Å². The number of anilines is 1. The minimum absolute atomic E-state index is 0.514. The second-order valence-electron chi connectivity index (χ2n) is 4.18. The summed E-state index contributed by atoms with van der Waals surface area (Å²) in [5.74, 6) is -1.39. The van der Waals surface area contributed by atoms with Gasteiger partial charge in [-0.1, -0.05) is 6.07 Å². The van der Waals surface area contributed by atoms with Gasteiger partial charge in [-0.25, -0.2) is 0 Å². The van der Waals surface area contributed by atoms with Gasteiger partial charge in [-0.15, -0.1) is 0 Å². The van der Waals surface area contributed by atoms with Gasteiger partial charge in [0.2, 0.25) is 0 Å². The highest BCUT2D eigenvalue weighted by Gasteiger charge is 2.15. The summed E-state index contributed by atoms with van der Waals surface area (Å²) in [5.41, 5.74) is 2.07. The minimum atomic E-state index is -0.847. The van der Waals surface area contributed by atoms with E-state index in [2.05, 4.69) is 4.98 Å². The van der Waals surface area contributed by atoms with Gasteiger partial charge in [0.25, 0.3) is 6.01 Å². The molecule has 0 spiro atoms. The molecule has 17 heavy (non-hydrogen) atoms. The lowest BCUT2D eigenvalue weighted by Crippen LogP contribution is -2.08. The average Bonchev–Trinajstić information content (AvgIpc) is 2.70. The summed E-state index contributed by atoms with van der Waals surface area (Å²) in [7, 11) is 3.68. The second-order valence-corrected chi connectivity index (χ2v) is 4.18. The third-order valence-electron chi connectivity index (χ3n) is 2.65. The summed E-state index contributed by atoms with van der Waals surface area (Å²) in [5, 5.41) is 8.95. The average molecular weight is 234 g/mol. The van der Waals surface area contributed by atoms with E-state index in [0.717, 1.165) is 5.56 Å². The third-order valence-corrected chi connectivity index (χ3v) is 2.65. The van der Waals surface area contributed by atoms with Gasteiger partial charge in [0.15, 0.2) is 5.58 Å². The molecular weight excluding hydrogens is 220 g/mol. The Hall–Kier alpha value is -2.04. The number of hydrogen-bond donors (Lipinski definition) is 1. The molecule has 0 aliphatic rings. The molecule has 0 amide bonds. The number of carbonyl (C=O) groups is 1. The first kappa shape index (κ1) is 11.4. The Bertz CT molecular complexity index is 560. The highest BCUT2D eigenvalue weighted by atomic mass is 16.4. The fourth-order valence-electron chi connectivity index (χ4n) is 1.54. The molecule has 0 aliphatic carbocycles. The first-order chi connectivity index (χ1) is 7.99. The van der Waals surface area contributed by atoms with Crippen molar-refractivity contribution in [1.29, 1.82) is 0 Å². The van der Waals surface area contributed by atoms with Crippen LogP contribution in [-0.2, 0) is 4.79 Å². The summed E-state index contributed by atoms with van der Waals surface area (Å²) in [6.45, 7) is 1.65. The van der Waals surface area contributed by atoms with Crippen LogP contribution in [0.3, 0.4) is 0 Å². The van der Waals surface area contributed by atoms with Gasteiger partial charge in [-0.2, -0.15) is 4.98 Å². The number of fused-ring (bicyclic) bond motifs is 1. The van der Waals surface area contributed by atoms with Crippen molar-refractivity contribution in [1.82, 2.24) is 4.98 Å². The Morgan fingerprint density at radius 1 is 1.47 bits per heavy atom. The smallest absolute Gasteiger partial charge is 0.310 e. The molecule has 0 bridgehead atoms. The van der Waals surface area contributed by atoms with Crippen LogP contribution in [0.4, 0.5) is 6.01 Å². The molecule has 5 heteroatoms. The molecule has 0 saturated heterocycles.